The second-order valence-electron chi connectivity index (χ2n) is 5.83. The van der Waals surface area contributed by atoms with Gasteiger partial charge >= 0.3 is 0 Å². The number of rotatable bonds is 3. The lowest BCUT2D eigenvalue weighted by molar-refractivity contribution is 0.00798. The van der Waals surface area contributed by atoms with Crippen LogP contribution in [0.25, 0.3) is 0 Å². The third-order valence-corrected chi connectivity index (χ3v) is 4.00. The number of aliphatic hydroxyl groups is 1. The molecule has 1 saturated heterocycles. The van der Waals surface area contributed by atoms with Crippen LogP contribution >= 0.6 is 0 Å². The molecule has 3 nitrogen and oxygen atoms in total. The van der Waals surface area contributed by atoms with Gasteiger partial charge < -0.3 is 10.0 Å². The zero-order valence-electron chi connectivity index (χ0n) is 11.5. The first kappa shape index (κ1) is 13.9. The zero-order valence-corrected chi connectivity index (χ0v) is 11.5. The fourth-order valence-corrected chi connectivity index (χ4v) is 2.93. The summed E-state index contributed by atoms with van der Waals surface area (Å²) in [5, 5.41) is 9.61. The van der Waals surface area contributed by atoms with Crippen LogP contribution in [0.3, 0.4) is 0 Å². The SMILES string of the molecule is CCC(C)N1C(CO)CN(C)CCC1(C)C. The van der Waals surface area contributed by atoms with Gasteiger partial charge in [0.25, 0.3) is 0 Å². The minimum atomic E-state index is 0.188. The molecule has 0 aromatic rings. The van der Waals surface area contributed by atoms with Crippen LogP contribution in [0.5, 0.6) is 0 Å². The zero-order chi connectivity index (χ0) is 12.3. The lowest BCUT2D eigenvalue weighted by Gasteiger charge is -2.45. The molecule has 1 rings (SSSR count). The fourth-order valence-electron chi connectivity index (χ4n) is 2.93. The normalized spacial score (nSPS) is 30.0. The minimum absolute atomic E-state index is 0.188. The summed E-state index contributed by atoms with van der Waals surface area (Å²) in [7, 11) is 2.15. The molecule has 0 spiro atoms. The standard InChI is InChI=1S/C13H28N2O/c1-6-11(2)15-12(10-16)9-14(5)8-7-13(15,3)4/h11-12,16H,6-10H2,1-5H3. The summed E-state index contributed by atoms with van der Waals surface area (Å²) >= 11 is 0. The van der Waals surface area contributed by atoms with Crippen molar-refractivity contribution >= 4 is 0 Å². The van der Waals surface area contributed by atoms with Gasteiger partial charge in [-0.3, -0.25) is 4.90 Å². The molecule has 16 heavy (non-hydrogen) atoms. The van der Waals surface area contributed by atoms with E-state index in [2.05, 4.69) is 44.5 Å². The predicted octanol–water partition coefficient (Wildman–Crippen LogP) is 1.56. The molecule has 0 bridgehead atoms. The molecule has 0 aromatic heterocycles. The van der Waals surface area contributed by atoms with Crippen molar-refractivity contribution in [3.63, 3.8) is 0 Å². The molecule has 1 aliphatic rings. The Bertz CT molecular complexity index is 218. The van der Waals surface area contributed by atoms with Crippen molar-refractivity contribution in [1.82, 2.24) is 9.80 Å². The molecule has 0 radical (unpaired) electrons. The van der Waals surface area contributed by atoms with Gasteiger partial charge in [0.05, 0.1) is 6.61 Å². The van der Waals surface area contributed by atoms with Gasteiger partial charge in [0, 0.05) is 24.2 Å². The average Bonchev–Trinajstić information content (AvgIpc) is 2.35. The van der Waals surface area contributed by atoms with Gasteiger partial charge in [-0.25, -0.2) is 0 Å². The summed E-state index contributed by atoms with van der Waals surface area (Å²) in [5.41, 5.74) is 0.188. The molecular weight excluding hydrogens is 200 g/mol. The summed E-state index contributed by atoms with van der Waals surface area (Å²) < 4.78 is 0. The number of hydrogen-bond donors (Lipinski definition) is 1. The molecule has 1 aliphatic heterocycles. The molecule has 1 fully saturated rings. The topological polar surface area (TPSA) is 26.7 Å². The first-order valence-electron chi connectivity index (χ1n) is 6.50. The van der Waals surface area contributed by atoms with Crippen LogP contribution in [-0.4, -0.2) is 59.3 Å². The summed E-state index contributed by atoms with van der Waals surface area (Å²) in [5.74, 6) is 0. The van der Waals surface area contributed by atoms with Crippen molar-refractivity contribution in [2.45, 2.75) is 58.2 Å². The van der Waals surface area contributed by atoms with Crippen LogP contribution < -0.4 is 0 Å². The van der Waals surface area contributed by atoms with E-state index in [4.69, 9.17) is 0 Å². The van der Waals surface area contributed by atoms with Crippen LogP contribution in [0.4, 0.5) is 0 Å². The van der Waals surface area contributed by atoms with Crippen molar-refractivity contribution in [1.29, 1.82) is 0 Å². The van der Waals surface area contributed by atoms with E-state index in [9.17, 15) is 5.11 Å². The number of nitrogens with zero attached hydrogens (tertiary/aromatic N) is 2. The van der Waals surface area contributed by atoms with E-state index in [1.807, 2.05) is 0 Å². The van der Waals surface area contributed by atoms with E-state index in [0.29, 0.717) is 6.04 Å². The first-order chi connectivity index (χ1) is 7.42. The molecule has 1 N–H and O–H groups in total. The van der Waals surface area contributed by atoms with Crippen molar-refractivity contribution in [2.24, 2.45) is 0 Å². The van der Waals surface area contributed by atoms with Crippen molar-refractivity contribution < 1.29 is 5.11 Å². The Hall–Kier alpha value is -0.120. The van der Waals surface area contributed by atoms with Gasteiger partial charge in [-0.05, 0) is 47.2 Å². The highest BCUT2D eigenvalue weighted by Gasteiger charge is 2.37. The van der Waals surface area contributed by atoms with Crippen LogP contribution in [0.1, 0.15) is 40.5 Å². The van der Waals surface area contributed by atoms with Crippen LogP contribution in [0.15, 0.2) is 0 Å². The van der Waals surface area contributed by atoms with E-state index in [-0.39, 0.29) is 18.2 Å². The Morgan fingerprint density at radius 3 is 2.56 bits per heavy atom. The third kappa shape index (κ3) is 2.96. The summed E-state index contributed by atoms with van der Waals surface area (Å²) in [4.78, 5) is 4.86. The Balaban J connectivity index is 2.92. The number of aliphatic hydroxyl groups excluding tert-OH is 1. The summed E-state index contributed by atoms with van der Waals surface area (Å²) in [6.07, 6.45) is 2.31. The molecule has 0 aliphatic carbocycles. The third-order valence-electron chi connectivity index (χ3n) is 4.00. The summed E-state index contributed by atoms with van der Waals surface area (Å²) in [6.45, 7) is 11.5. The van der Waals surface area contributed by atoms with Gasteiger partial charge in [-0.15, -0.1) is 0 Å². The highest BCUT2D eigenvalue weighted by atomic mass is 16.3. The van der Waals surface area contributed by atoms with Crippen LogP contribution in [0, 0.1) is 0 Å². The molecule has 1 heterocycles. The van der Waals surface area contributed by atoms with Crippen molar-refractivity contribution in [2.75, 3.05) is 26.7 Å². The molecule has 0 amide bonds. The maximum atomic E-state index is 9.61. The Kier molecular flexibility index (Phi) is 4.77. The second-order valence-corrected chi connectivity index (χ2v) is 5.83. The smallest absolute Gasteiger partial charge is 0.0599 e. The maximum absolute atomic E-state index is 9.61. The highest BCUT2D eigenvalue weighted by Crippen LogP contribution is 2.28. The highest BCUT2D eigenvalue weighted by molar-refractivity contribution is 4.93. The van der Waals surface area contributed by atoms with Crippen molar-refractivity contribution in [3.8, 4) is 0 Å². The molecule has 3 heteroatoms. The minimum Gasteiger partial charge on any atom is -0.395 e. The van der Waals surface area contributed by atoms with E-state index in [1.54, 1.807) is 0 Å². The van der Waals surface area contributed by atoms with Gasteiger partial charge in [0.1, 0.15) is 0 Å². The Morgan fingerprint density at radius 2 is 2.06 bits per heavy atom. The monoisotopic (exact) mass is 228 g/mol. The summed E-state index contributed by atoms with van der Waals surface area (Å²) in [6, 6.07) is 0.816. The van der Waals surface area contributed by atoms with E-state index < -0.39 is 0 Å². The lowest BCUT2D eigenvalue weighted by Crippen LogP contribution is -2.56. The molecule has 2 atom stereocenters. The second kappa shape index (κ2) is 5.48. The molecule has 0 saturated carbocycles. The number of likely N-dealkylation sites (N-methyl/N-ethyl adjacent to an activating group) is 1. The molecular formula is C13H28N2O. The van der Waals surface area contributed by atoms with E-state index in [1.165, 1.54) is 6.42 Å². The van der Waals surface area contributed by atoms with Crippen LogP contribution in [0.2, 0.25) is 0 Å². The molecule has 2 unspecified atom stereocenters. The average molecular weight is 228 g/mol. The van der Waals surface area contributed by atoms with Gasteiger partial charge in [0.2, 0.25) is 0 Å². The quantitative estimate of drug-likeness (QED) is 0.794. The molecule has 0 aromatic carbocycles. The Morgan fingerprint density at radius 1 is 1.44 bits per heavy atom. The lowest BCUT2D eigenvalue weighted by atomic mass is 9.94. The fraction of sp³-hybridized carbons (Fsp3) is 1.00. The first-order valence-corrected chi connectivity index (χ1v) is 6.50. The largest absolute Gasteiger partial charge is 0.395 e. The number of hydrogen-bond acceptors (Lipinski definition) is 3. The van der Waals surface area contributed by atoms with E-state index >= 15 is 0 Å². The van der Waals surface area contributed by atoms with Crippen molar-refractivity contribution in [3.05, 3.63) is 0 Å². The molecule has 96 valence electrons. The van der Waals surface area contributed by atoms with Gasteiger partial charge in [0.15, 0.2) is 0 Å². The maximum Gasteiger partial charge on any atom is 0.0599 e. The van der Waals surface area contributed by atoms with Gasteiger partial charge in [-0.1, -0.05) is 6.92 Å². The predicted molar refractivity (Wildman–Crippen MR) is 68.7 cm³/mol. The van der Waals surface area contributed by atoms with Gasteiger partial charge in [-0.2, -0.15) is 0 Å². The Labute approximate surface area is 100 Å². The van der Waals surface area contributed by atoms with Crippen LogP contribution in [-0.2, 0) is 0 Å². The van der Waals surface area contributed by atoms with E-state index in [0.717, 1.165) is 19.5 Å².